The quantitative estimate of drug-likeness (QED) is 0.462. The Morgan fingerprint density at radius 1 is 1.55 bits per heavy atom. The third kappa shape index (κ3) is 6.11. The Hall–Kier alpha value is -0.300. The van der Waals surface area contributed by atoms with Crippen LogP contribution in [0.1, 0.15) is 33.1 Å². The number of hydrogen-bond acceptors (Lipinski definition) is 1. The Bertz CT molecular complexity index is 140. The molecule has 0 N–H and O–H groups in total. The molecule has 0 heterocycles. The summed E-state index contributed by atoms with van der Waals surface area (Å²) in [7, 11) is 0. The summed E-state index contributed by atoms with van der Waals surface area (Å²) in [6.45, 7) is 4.14. The summed E-state index contributed by atoms with van der Waals surface area (Å²) in [5.41, 5.74) is 0. The van der Waals surface area contributed by atoms with E-state index >= 15 is 0 Å². The van der Waals surface area contributed by atoms with Crippen LogP contribution in [-0.4, -0.2) is 5.24 Å². The number of carbonyl (C=O) groups excluding carboxylic acids is 1. The Balaban J connectivity index is 3.75. The summed E-state index contributed by atoms with van der Waals surface area (Å²) in [4.78, 5) is 10.5. The van der Waals surface area contributed by atoms with E-state index in [-0.39, 0.29) is 5.24 Å². The van der Waals surface area contributed by atoms with Gasteiger partial charge in [-0.25, -0.2) is 0 Å². The number of carbonyl (C=O) groups is 1. The predicted octanol–water partition coefficient (Wildman–Crippen LogP) is 3.13. The summed E-state index contributed by atoms with van der Waals surface area (Å²) < 4.78 is 0. The van der Waals surface area contributed by atoms with E-state index in [1.165, 1.54) is 0 Å². The monoisotopic (exact) mass is 174 g/mol. The van der Waals surface area contributed by atoms with Gasteiger partial charge < -0.3 is 0 Å². The molecule has 0 rings (SSSR count). The highest BCUT2D eigenvalue weighted by molar-refractivity contribution is 6.63. The molecule has 0 aromatic carbocycles. The van der Waals surface area contributed by atoms with Crippen molar-refractivity contribution in [2.24, 2.45) is 5.92 Å². The molecule has 64 valence electrons. The molecular weight excluding hydrogens is 160 g/mol. The molecule has 11 heavy (non-hydrogen) atoms. The highest BCUT2D eigenvalue weighted by atomic mass is 35.5. The second-order valence-electron chi connectivity index (χ2n) is 2.56. The zero-order valence-electron chi connectivity index (χ0n) is 7.14. The van der Waals surface area contributed by atoms with Crippen molar-refractivity contribution in [2.45, 2.75) is 33.1 Å². The number of hydrogen-bond donors (Lipinski definition) is 0. The molecule has 0 aliphatic rings. The Morgan fingerprint density at radius 3 is 2.55 bits per heavy atom. The fraction of sp³-hybridized carbons (Fsp3) is 0.667. The molecule has 1 nitrogen and oxygen atoms in total. The maximum Gasteiger partial charge on any atom is 0.222 e. The van der Waals surface area contributed by atoms with E-state index in [2.05, 4.69) is 26.0 Å². The van der Waals surface area contributed by atoms with Gasteiger partial charge in [0.05, 0.1) is 0 Å². The molecular formula is C9H15ClO. The highest BCUT2D eigenvalue weighted by Gasteiger charge is 2.05. The molecule has 0 amide bonds. The molecule has 0 radical (unpaired) electrons. The lowest BCUT2D eigenvalue weighted by Crippen LogP contribution is -1.99. The zero-order valence-corrected chi connectivity index (χ0v) is 7.90. The van der Waals surface area contributed by atoms with Crippen LogP contribution >= 0.6 is 11.6 Å². The SMILES string of the molecule is CCC=C[C@H](CC)CC(=O)Cl. The minimum absolute atomic E-state index is 0.238. The van der Waals surface area contributed by atoms with Crippen molar-refractivity contribution in [1.82, 2.24) is 0 Å². The first-order valence-electron chi connectivity index (χ1n) is 4.05. The van der Waals surface area contributed by atoms with Gasteiger partial charge in [0, 0.05) is 6.42 Å². The van der Waals surface area contributed by atoms with Crippen LogP contribution in [0, 0.1) is 5.92 Å². The molecule has 0 saturated carbocycles. The van der Waals surface area contributed by atoms with Crippen LogP contribution in [-0.2, 0) is 4.79 Å². The normalized spacial score (nSPS) is 13.7. The van der Waals surface area contributed by atoms with Gasteiger partial charge >= 0.3 is 0 Å². The topological polar surface area (TPSA) is 17.1 Å². The van der Waals surface area contributed by atoms with E-state index < -0.39 is 0 Å². The molecule has 1 atom stereocenters. The second kappa shape index (κ2) is 6.41. The standard InChI is InChI=1S/C9H15ClO/c1-3-5-6-8(4-2)7-9(10)11/h5-6,8H,3-4,7H2,1-2H3/t8-/m0/s1. The molecule has 0 aromatic rings. The highest BCUT2D eigenvalue weighted by Crippen LogP contribution is 2.11. The number of allylic oxidation sites excluding steroid dienone is 2. The van der Waals surface area contributed by atoms with Crippen molar-refractivity contribution >= 4 is 16.8 Å². The van der Waals surface area contributed by atoms with Gasteiger partial charge in [-0.05, 0) is 30.4 Å². The Labute approximate surface area is 73.4 Å². The molecule has 2 heteroatoms. The van der Waals surface area contributed by atoms with Crippen molar-refractivity contribution in [1.29, 1.82) is 0 Å². The van der Waals surface area contributed by atoms with Crippen LogP contribution in [0.25, 0.3) is 0 Å². The second-order valence-corrected chi connectivity index (χ2v) is 2.99. The molecule has 0 saturated heterocycles. The van der Waals surface area contributed by atoms with Gasteiger partial charge in [-0.2, -0.15) is 0 Å². The summed E-state index contributed by atoms with van der Waals surface area (Å²) in [5, 5.41) is -0.238. The summed E-state index contributed by atoms with van der Waals surface area (Å²) in [6, 6.07) is 0. The van der Waals surface area contributed by atoms with Crippen LogP contribution in [0.5, 0.6) is 0 Å². The molecule has 0 aliphatic carbocycles. The van der Waals surface area contributed by atoms with E-state index in [1.807, 2.05) is 0 Å². The molecule has 0 spiro atoms. The van der Waals surface area contributed by atoms with E-state index in [4.69, 9.17) is 11.6 Å². The molecule has 0 fully saturated rings. The number of halogens is 1. The largest absolute Gasteiger partial charge is 0.281 e. The van der Waals surface area contributed by atoms with Gasteiger partial charge in [0.1, 0.15) is 0 Å². The average molecular weight is 175 g/mol. The van der Waals surface area contributed by atoms with Gasteiger partial charge in [-0.15, -0.1) is 0 Å². The smallest absolute Gasteiger partial charge is 0.222 e. The van der Waals surface area contributed by atoms with Crippen LogP contribution in [0.3, 0.4) is 0 Å². The maximum absolute atomic E-state index is 10.5. The Morgan fingerprint density at radius 2 is 2.18 bits per heavy atom. The minimum Gasteiger partial charge on any atom is -0.281 e. The lowest BCUT2D eigenvalue weighted by Gasteiger charge is -2.04. The summed E-state index contributed by atoms with van der Waals surface area (Å²) in [5.74, 6) is 0.333. The van der Waals surface area contributed by atoms with Crippen molar-refractivity contribution in [2.75, 3.05) is 0 Å². The van der Waals surface area contributed by atoms with Crippen LogP contribution in [0.4, 0.5) is 0 Å². The van der Waals surface area contributed by atoms with Crippen molar-refractivity contribution in [3.63, 3.8) is 0 Å². The third-order valence-corrected chi connectivity index (χ3v) is 1.75. The predicted molar refractivity (Wildman–Crippen MR) is 48.7 cm³/mol. The van der Waals surface area contributed by atoms with Gasteiger partial charge in [0.15, 0.2) is 0 Å². The number of rotatable bonds is 5. The summed E-state index contributed by atoms with van der Waals surface area (Å²) >= 11 is 5.26. The lowest BCUT2D eigenvalue weighted by atomic mass is 10.0. The Kier molecular flexibility index (Phi) is 6.24. The fourth-order valence-electron chi connectivity index (χ4n) is 0.883. The third-order valence-electron chi connectivity index (χ3n) is 1.59. The van der Waals surface area contributed by atoms with Crippen LogP contribution < -0.4 is 0 Å². The van der Waals surface area contributed by atoms with Gasteiger partial charge in [0.25, 0.3) is 0 Å². The van der Waals surface area contributed by atoms with E-state index in [1.54, 1.807) is 0 Å². The molecule has 0 aliphatic heterocycles. The summed E-state index contributed by atoms with van der Waals surface area (Å²) in [6.07, 6.45) is 6.62. The van der Waals surface area contributed by atoms with E-state index in [0.29, 0.717) is 12.3 Å². The molecule has 0 aromatic heterocycles. The fourth-order valence-corrected chi connectivity index (χ4v) is 1.08. The molecule has 0 unspecified atom stereocenters. The average Bonchev–Trinajstić information content (AvgIpc) is 1.97. The van der Waals surface area contributed by atoms with Crippen molar-refractivity contribution < 1.29 is 4.79 Å². The van der Waals surface area contributed by atoms with E-state index in [0.717, 1.165) is 12.8 Å². The van der Waals surface area contributed by atoms with E-state index in [9.17, 15) is 4.79 Å². The maximum atomic E-state index is 10.5. The zero-order chi connectivity index (χ0) is 8.69. The minimum atomic E-state index is -0.238. The van der Waals surface area contributed by atoms with Crippen LogP contribution in [0.2, 0.25) is 0 Å². The molecule has 0 bridgehead atoms. The van der Waals surface area contributed by atoms with Crippen LogP contribution in [0.15, 0.2) is 12.2 Å². The first kappa shape index (κ1) is 10.7. The lowest BCUT2D eigenvalue weighted by molar-refractivity contribution is -0.112. The van der Waals surface area contributed by atoms with Gasteiger partial charge in [0.2, 0.25) is 5.24 Å². The van der Waals surface area contributed by atoms with Crippen molar-refractivity contribution in [3.8, 4) is 0 Å². The first-order chi connectivity index (χ1) is 5.20. The van der Waals surface area contributed by atoms with Gasteiger partial charge in [-0.1, -0.05) is 26.0 Å². The van der Waals surface area contributed by atoms with Gasteiger partial charge in [-0.3, -0.25) is 4.79 Å². The van der Waals surface area contributed by atoms with Crippen molar-refractivity contribution in [3.05, 3.63) is 12.2 Å². The first-order valence-corrected chi connectivity index (χ1v) is 4.43.